The number of nitrogens with two attached hydrogens (primary N) is 1. The molecule has 4 heteroatoms. The van der Waals surface area contributed by atoms with E-state index in [4.69, 9.17) is 5.73 Å². The fraction of sp³-hybridized carbons (Fsp3) is 0.562. The number of nitrogens with one attached hydrogen (secondary N) is 1. The molecule has 0 aromatic heterocycles. The molecule has 1 unspecified atom stereocenters. The van der Waals surface area contributed by atoms with Crippen molar-refractivity contribution in [1.82, 2.24) is 10.2 Å². The van der Waals surface area contributed by atoms with Crippen molar-refractivity contribution < 1.29 is 4.79 Å². The molecular weight excluding hydrogens is 250 g/mol. The van der Waals surface area contributed by atoms with Crippen LogP contribution in [0.2, 0.25) is 0 Å². The van der Waals surface area contributed by atoms with Crippen molar-refractivity contribution in [2.75, 3.05) is 26.2 Å². The average Bonchev–Trinajstić information content (AvgIpc) is 2.42. The van der Waals surface area contributed by atoms with Crippen LogP contribution in [0.25, 0.3) is 0 Å². The number of piperidine rings is 1. The van der Waals surface area contributed by atoms with Crippen molar-refractivity contribution >= 4 is 5.91 Å². The maximum Gasteiger partial charge on any atom is 0.234 e. The van der Waals surface area contributed by atoms with Crippen molar-refractivity contribution in [3.63, 3.8) is 0 Å². The van der Waals surface area contributed by atoms with Crippen molar-refractivity contribution in [3.05, 3.63) is 35.4 Å². The van der Waals surface area contributed by atoms with Gasteiger partial charge in [-0.2, -0.15) is 0 Å². The van der Waals surface area contributed by atoms with E-state index in [2.05, 4.69) is 34.5 Å². The number of likely N-dealkylation sites (tertiary alicyclic amines) is 1. The number of rotatable bonds is 4. The molecule has 1 fully saturated rings. The molecule has 1 saturated heterocycles. The maximum absolute atomic E-state index is 12.0. The molecule has 3 N–H and O–H groups in total. The van der Waals surface area contributed by atoms with E-state index in [-0.39, 0.29) is 5.91 Å². The van der Waals surface area contributed by atoms with Crippen LogP contribution in [-0.2, 0) is 11.2 Å². The zero-order chi connectivity index (χ0) is 13.9. The Morgan fingerprint density at radius 1 is 1.30 bits per heavy atom. The lowest BCUT2D eigenvalue weighted by atomic mass is 9.77. The third-order valence-electron chi connectivity index (χ3n) is 4.51. The molecule has 1 aliphatic heterocycles. The molecule has 0 radical (unpaired) electrons. The molecular formula is C16H23N3O. The van der Waals surface area contributed by atoms with Crippen LogP contribution >= 0.6 is 0 Å². The summed E-state index contributed by atoms with van der Waals surface area (Å²) in [5.41, 5.74) is 8.70. The van der Waals surface area contributed by atoms with E-state index in [1.165, 1.54) is 11.1 Å². The standard InChI is InChI=1S/C16H23N3O/c17-14-5-7-19(8-6-14)11-16(20)18-10-13-9-12-3-1-2-4-15(12)13/h1-4,13-14H,5-11,17H2,(H,18,20). The van der Waals surface area contributed by atoms with Crippen LogP contribution in [0.3, 0.4) is 0 Å². The predicted octanol–water partition coefficient (Wildman–Crippen LogP) is 0.866. The number of fused-ring (bicyclic) bond motifs is 1. The molecule has 1 amide bonds. The Bertz CT molecular complexity index is 480. The summed E-state index contributed by atoms with van der Waals surface area (Å²) < 4.78 is 0. The van der Waals surface area contributed by atoms with Gasteiger partial charge in [0.15, 0.2) is 0 Å². The molecule has 1 heterocycles. The fourth-order valence-electron chi connectivity index (χ4n) is 3.15. The van der Waals surface area contributed by atoms with Crippen molar-refractivity contribution in [3.8, 4) is 0 Å². The summed E-state index contributed by atoms with van der Waals surface area (Å²) in [4.78, 5) is 14.2. The average molecular weight is 273 g/mol. The lowest BCUT2D eigenvalue weighted by Gasteiger charge is -2.31. The van der Waals surface area contributed by atoms with Gasteiger partial charge in [0.25, 0.3) is 0 Å². The van der Waals surface area contributed by atoms with Crippen LogP contribution in [0.15, 0.2) is 24.3 Å². The number of hydrogen-bond donors (Lipinski definition) is 2. The van der Waals surface area contributed by atoms with Gasteiger partial charge in [0, 0.05) is 31.6 Å². The van der Waals surface area contributed by atoms with Gasteiger partial charge in [-0.05, 0) is 30.4 Å². The monoisotopic (exact) mass is 273 g/mol. The largest absolute Gasteiger partial charge is 0.354 e. The van der Waals surface area contributed by atoms with E-state index in [9.17, 15) is 4.79 Å². The Labute approximate surface area is 120 Å². The summed E-state index contributed by atoms with van der Waals surface area (Å²) in [5, 5.41) is 3.07. The van der Waals surface area contributed by atoms with E-state index < -0.39 is 0 Å². The van der Waals surface area contributed by atoms with Crippen molar-refractivity contribution in [1.29, 1.82) is 0 Å². The zero-order valence-electron chi connectivity index (χ0n) is 11.8. The van der Waals surface area contributed by atoms with Gasteiger partial charge in [-0.1, -0.05) is 24.3 Å². The molecule has 108 valence electrons. The molecule has 0 spiro atoms. The van der Waals surface area contributed by atoms with Crippen molar-refractivity contribution in [2.45, 2.75) is 31.2 Å². The minimum atomic E-state index is 0.143. The van der Waals surface area contributed by atoms with Crippen LogP contribution in [0, 0.1) is 0 Å². The van der Waals surface area contributed by atoms with Crippen LogP contribution in [0.5, 0.6) is 0 Å². The van der Waals surface area contributed by atoms with Crippen molar-refractivity contribution in [2.24, 2.45) is 5.73 Å². The molecule has 3 rings (SSSR count). The number of nitrogens with zero attached hydrogens (tertiary/aromatic N) is 1. The molecule has 1 aromatic rings. The number of carbonyl (C=O) groups excluding carboxylic acids is 1. The van der Waals surface area contributed by atoms with E-state index in [0.717, 1.165) is 38.9 Å². The highest BCUT2D eigenvalue weighted by molar-refractivity contribution is 5.78. The van der Waals surface area contributed by atoms with Gasteiger partial charge in [0.1, 0.15) is 0 Å². The smallest absolute Gasteiger partial charge is 0.234 e. The molecule has 0 bridgehead atoms. The summed E-state index contributed by atoms with van der Waals surface area (Å²) in [6.45, 7) is 3.17. The van der Waals surface area contributed by atoms with Gasteiger partial charge in [-0.25, -0.2) is 0 Å². The van der Waals surface area contributed by atoms with Gasteiger partial charge < -0.3 is 11.1 Å². The van der Waals surface area contributed by atoms with Crippen LogP contribution < -0.4 is 11.1 Å². The van der Waals surface area contributed by atoms with E-state index in [1.807, 2.05) is 0 Å². The third kappa shape index (κ3) is 3.02. The SMILES string of the molecule is NC1CCN(CC(=O)NCC2Cc3ccccc32)CC1. The number of hydrogen-bond acceptors (Lipinski definition) is 3. The molecule has 1 aliphatic carbocycles. The number of benzene rings is 1. The first-order chi connectivity index (χ1) is 9.72. The number of carbonyl (C=O) groups is 1. The zero-order valence-corrected chi connectivity index (χ0v) is 11.8. The fourth-order valence-corrected chi connectivity index (χ4v) is 3.15. The van der Waals surface area contributed by atoms with Gasteiger partial charge in [-0.3, -0.25) is 9.69 Å². The quantitative estimate of drug-likeness (QED) is 0.855. The van der Waals surface area contributed by atoms with Gasteiger partial charge in [-0.15, -0.1) is 0 Å². The van der Waals surface area contributed by atoms with Gasteiger partial charge in [0.2, 0.25) is 5.91 Å². The molecule has 0 saturated carbocycles. The third-order valence-corrected chi connectivity index (χ3v) is 4.51. The van der Waals surface area contributed by atoms with Crippen LogP contribution in [-0.4, -0.2) is 43.0 Å². The highest BCUT2D eigenvalue weighted by Crippen LogP contribution is 2.33. The highest BCUT2D eigenvalue weighted by atomic mass is 16.2. The summed E-state index contributed by atoms with van der Waals surface area (Å²) in [6.07, 6.45) is 3.10. The topological polar surface area (TPSA) is 58.4 Å². The molecule has 4 nitrogen and oxygen atoms in total. The Hall–Kier alpha value is -1.39. The molecule has 20 heavy (non-hydrogen) atoms. The Morgan fingerprint density at radius 3 is 2.80 bits per heavy atom. The first-order valence-corrected chi connectivity index (χ1v) is 7.55. The Kier molecular flexibility index (Phi) is 4.03. The summed E-state index contributed by atoms with van der Waals surface area (Å²) >= 11 is 0. The second-order valence-electron chi connectivity index (χ2n) is 6.02. The van der Waals surface area contributed by atoms with Gasteiger partial charge in [0.05, 0.1) is 6.54 Å². The predicted molar refractivity (Wildman–Crippen MR) is 79.5 cm³/mol. The first kappa shape index (κ1) is 13.6. The summed E-state index contributed by atoms with van der Waals surface area (Å²) in [7, 11) is 0. The maximum atomic E-state index is 12.0. The van der Waals surface area contributed by atoms with Crippen LogP contribution in [0.4, 0.5) is 0 Å². The summed E-state index contributed by atoms with van der Waals surface area (Å²) in [5.74, 6) is 0.648. The second kappa shape index (κ2) is 5.94. The first-order valence-electron chi connectivity index (χ1n) is 7.55. The Balaban J connectivity index is 1.40. The number of amides is 1. The van der Waals surface area contributed by atoms with Crippen LogP contribution in [0.1, 0.15) is 29.9 Å². The minimum Gasteiger partial charge on any atom is -0.354 e. The second-order valence-corrected chi connectivity index (χ2v) is 6.02. The van der Waals surface area contributed by atoms with Gasteiger partial charge >= 0.3 is 0 Å². The normalized spacial score (nSPS) is 22.9. The van der Waals surface area contributed by atoms with E-state index >= 15 is 0 Å². The molecule has 1 aromatic carbocycles. The minimum absolute atomic E-state index is 0.143. The molecule has 2 aliphatic rings. The lowest BCUT2D eigenvalue weighted by Crippen LogP contribution is -2.45. The highest BCUT2D eigenvalue weighted by Gasteiger charge is 2.26. The molecule has 1 atom stereocenters. The van der Waals surface area contributed by atoms with E-state index in [1.54, 1.807) is 0 Å². The lowest BCUT2D eigenvalue weighted by molar-refractivity contribution is -0.122. The summed E-state index contributed by atoms with van der Waals surface area (Å²) in [6, 6.07) is 8.81. The van der Waals surface area contributed by atoms with E-state index in [0.29, 0.717) is 18.5 Å². The Morgan fingerprint density at radius 2 is 2.05 bits per heavy atom.